The van der Waals surface area contributed by atoms with Gasteiger partial charge in [-0.3, -0.25) is 0 Å². The van der Waals surface area contributed by atoms with Crippen molar-refractivity contribution >= 4 is 22.6 Å². The van der Waals surface area contributed by atoms with Crippen molar-refractivity contribution in [3.8, 4) is 0 Å². The summed E-state index contributed by atoms with van der Waals surface area (Å²) < 4.78 is 15.9. The molecule has 1 saturated carbocycles. The zero-order valence-electron chi connectivity index (χ0n) is 11.1. The maximum Gasteiger partial charge on any atom is 0.151 e. The summed E-state index contributed by atoms with van der Waals surface area (Å²) in [5, 5.41) is 0. The van der Waals surface area contributed by atoms with Crippen molar-refractivity contribution in [3.05, 3.63) is 29.8 Å². The highest BCUT2D eigenvalue weighted by Crippen LogP contribution is 2.33. The Hall–Kier alpha value is -1.09. The van der Waals surface area contributed by atoms with E-state index in [1.54, 1.807) is 6.07 Å². The molecule has 1 aliphatic rings. The van der Waals surface area contributed by atoms with E-state index in [1.165, 1.54) is 25.3 Å². The summed E-state index contributed by atoms with van der Waals surface area (Å²) >= 11 is 5.96. The number of hydrogen-bond acceptors (Lipinski definition) is 1. The summed E-state index contributed by atoms with van der Waals surface area (Å²) in [5.41, 5.74) is 1.32. The lowest BCUT2D eigenvalue weighted by Gasteiger charge is -2.13. The predicted molar refractivity (Wildman–Crippen MR) is 75.8 cm³/mol. The first-order valence-corrected chi connectivity index (χ1v) is 7.42. The first-order chi connectivity index (χ1) is 9.19. The van der Waals surface area contributed by atoms with Gasteiger partial charge in [-0.1, -0.05) is 19.4 Å². The summed E-state index contributed by atoms with van der Waals surface area (Å²) in [4.78, 5) is 4.35. The first kappa shape index (κ1) is 12.9. The molecule has 1 aliphatic carbocycles. The lowest BCUT2D eigenvalue weighted by Crippen LogP contribution is -2.10. The van der Waals surface area contributed by atoms with Crippen LogP contribution in [0.5, 0.6) is 0 Å². The zero-order valence-corrected chi connectivity index (χ0v) is 11.8. The van der Waals surface area contributed by atoms with Crippen LogP contribution in [0.2, 0.25) is 0 Å². The second-order valence-electron chi connectivity index (χ2n) is 5.66. The van der Waals surface area contributed by atoms with Crippen LogP contribution in [-0.4, -0.2) is 9.55 Å². The largest absolute Gasteiger partial charge is 0.327 e. The Morgan fingerprint density at radius 2 is 2.26 bits per heavy atom. The Labute approximate surface area is 117 Å². The second-order valence-corrected chi connectivity index (χ2v) is 5.93. The Kier molecular flexibility index (Phi) is 3.48. The van der Waals surface area contributed by atoms with E-state index in [2.05, 4.69) is 16.5 Å². The Morgan fingerprint density at radius 3 is 2.95 bits per heavy atom. The molecule has 3 rings (SSSR count). The van der Waals surface area contributed by atoms with Crippen LogP contribution in [0.25, 0.3) is 11.0 Å². The fourth-order valence-electron chi connectivity index (χ4n) is 3.22. The SMILES string of the molecule is CC1CCC(Cn2c(CCl)nc3c(F)cccc32)C1. The van der Waals surface area contributed by atoms with Gasteiger partial charge in [-0.05, 0) is 36.8 Å². The summed E-state index contributed by atoms with van der Waals surface area (Å²) in [6.07, 6.45) is 3.79. The molecule has 0 saturated heterocycles. The van der Waals surface area contributed by atoms with Gasteiger partial charge < -0.3 is 4.57 Å². The van der Waals surface area contributed by atoms with Gasteiger partial charge in [-0.15, -0.1) is 11.6 Å². The minimum Gasteiger partial charge on any atom is -0.327 e. The summed E-state index contributed by atoms with van der Waals surface area (Å²) in [7, 11) is 0. The van der Waals surface area contributed by atoms with E-state index < -0.39 is 0 Å². The number of halogens is 2. The number of fused-ring (bicyclic) bond motifs is 1. The van der Waals surface area contributed by atoms with E-state index in [-0.39, 0.29) is 5.82 Å². The Morgan fingerprint density at radius 1 is 1.42 bits per heavy atom. The van der Waals surface area contributed by atoms with E-state index in [0.29, 0.717) is 17.3 Å². The van der Waals surface area contributed by atoms with Crippen LogP contribution < -0.4 is 0 Å². The molecule has 2 atom stereocenters. The van der Waals surface area contributed by atoms with Crippen molar-refractivity contribution in [1.82, 2.24) is 9.55 Å². The lowest BCUT2D eigenvalue weighted by molar-refractivity contribution is 0.441. The molecule has 0 N–H and O–H groups in total. The van der Waals surface area contributed by atoms with Crippen molar-refractivity contribution in [2.24, 2.45) is 11.8 Å². The molecule has 1 aromatic heterocycles. The van der Waals surface area contributed by atoms with Crippen molar-refractivity contribution in [1.29, 1.82) is 0 Å². The van der Waals surface area contributed by atoms with Gasteiger partial charge in [-0.2, -0.15) is 0 Å². The van der Waals surface area contributed by atoms with Gasteiger partial charge in [0.2, 0.25) is 0 Å². The van der Waals surface area contributed by atoms with Gasteiger partial charge in [0, 0.05) is 6.54 Å². The molecule has 1 fully saturated rings. The molecule has 0 amide bonds. The number of rotatable bonds is 3. The second kappa shape index (κ2) is 5.12. The molecule has 102 valence electrons. The molecule has 2 aromatic rings. The normalized spacial score (nSPS) is 23.3. The van der Waals surface area contributed by atoms with E-state index >= 15 is 0 Å². The standard InChI is InChI=1S/C15H18ClFN2/c1-10-5-6-11(7-10)9-19-13-4-2-3-12(17)15(13)18-14(19)8-16/h2-4,10-11H,5-9H2,1H3. The predicted octanol–water partition coefficient (Wildman–Crippen LogP) is 4.35. The van der Waals surface area contributed by atoms with E-state index in [1.807, 2.05) is 6.07 Å². The minimum absolute atomic E-state index is 0.262. The van der Waals surface area contributed by atoms with E-state index in [0.717, 1.165) is 23.8 Å². The summed E-state index contributed by atoms with van der Waals surface area (Å²) in [5.74, 6) is 2.31. The van der Waals surface area contributed by atoms with Gasteiger partial charge in [-0.25, -0.2) is 9.37 Å². The average molecular weight is 281 g/mol. The number of nitrogens with zero attached hydrogens (tertiary/aromatic N) is 2. The number of para-hydroxylation sites is 1. The Balaban J connectivity index is 1.99. The molecule has 1 heterocycles. The molecular formula is C15H18ClFN2. The van der Waals surface area contributed by atoms with Crippen LogP contribution in [0.3, 0.4) is 0 Å². The fraction of sp³-hybridized carbons (Fsp3) is 0.533. The minimum atomic E-state index is -0.262. The highest BCUT2D eigenvalue weighted by Gasteiger charge is 2.23. The number of imidazole rings is 1. The fourth-order valence-corrected chi connectivity index (χ4v) is 3.42. The molecule has 0 bridgehead atoms. The Bertz CT molecular complexity index is 593. The molecule has 0 spiro atoms. The van der Waals surface area contributed by atoms with Crippen molar-refractivity contribution < 1.29 is 4.39 Å². The quantitative estimate of drug-likeness (QED) is 0.764. The van der Waals surface area contributed by atoms with Gasteiger partial charge in [0.05, 0.1) is 11.4 Å². The zero-order chi connectivity index (χ0) is 13.4. The average Bonchev–Trinajstić information content (AvgIpc) is 2.96. The molecule has 2 nitrogen and oxygen atoms in total. The third-order valence-electron chi connectivity index (χ3n) is 4.17. The smallest absolute Gasteiger partial charge is 0.151 e. The molecule has 4 heteroatoms. The first-order valence-electron chi connectivity index (χ1n) is 6.88. The van der Waals surface area contributed by atoms with Crippen LogP contribution in [0, 0.1) is 17.7 Å². The van der Waals surface area contributed by atoms with Gasteiger partial charge in [0.1, 0.15) is 11.3 Å². The van der Waals surface area contributed by atoms with E-state index in [9.17, 15) is 4.39 Å². The molecule has 2 unspecified atom stereocenters. The number of benzene rings is 1. The van der Waals surface area contributed by atoms with Crippen LogP contribution in [0.4, 0.5) is 4.39 Å². The van der Waals surface area contributed by atoms with Crippen LogP contribution >= 0.6 is 11.6 Å². The van der Waals surface area contributed by atoms with Gasteiger partial charge in [0.25, 0.3) is 0 Å². The maximum absolute atomic E-state index is 13.8. The molecule has 19 heavy (non-hydrogen) atoms. The number of hydrogen-bond donors (Lipinski definition) is 0. The third kappa shape index (κ3) is 2.36. The topological polar surface area (TPSA) is 17.8 Å². The van der Waals surface area contributed by atoms with Crippen molar-refractivity contribution in [3.63, 3.8) is 0 Å². The number of aromatic nitrogens is 2. The molecule has 0 radical (unpaired) electrons. The number of alkyl halides is 1. The molecule has 0 aliphatic heterocycles. The monoisotopic (exact) mass is 280 g/mol. The summed E-state index contributed by atoms with van der Waals surface area (Å²) in [6.45, 7) is 3.21. The third-order valence-corrected chi connectivity index (χ3v) is 4.41. The van der Waals surface area contributed by atoms with Crippen LogP contribution in [-0.2, 0) is 12.4 Å². The van der Waals surface area contributed by atoms with Crippen molar-refractivity contribution in [2.75, 3.05) is 0 Å². The molecular weight excluding hydrogens is 263 g/mol. The highest BCUT2D eigenvalue weighted by atomic mass is 35.5. The highest BCUT2D eigenvalue weighted by molar-refractivity contribution is 6.16. The lowest BCUT2D eigenvalue weighted by atomic mass is 10.1. The van der Waals surface area contributed by atoms with Crippen molar-refractivity contribution in [2.45, 2.75) is 38.6 Å². The van der Waals surface area contributed by atoms with Crippen LogP contribution in [0.15, 0.2) is 18.2 Å². The molecule has 1 aromatic carbocycles. The maximum atomic E-state index is 13.8. The van der Waals surface area contributed by atoms with Gasteiger partial charge >= 0.3 is 0 Å². The van der Waals surface area contributed by atoms with Gasteiger partial charge in [0.15, 0.2) is 5.82 Å². The van der Waals surface area contributed by atoms with E-state index in [4.69, 9.17) is 11.6 Å². The summed E-state index contributed by atoms with van der Waals surface area (Å²) in [6, 6.07) is 5.13. The van der Waals surface area contributed by atoms with Crippen LogP contribution in [0.1, 0.15) is 32.0 Å².